The van der Waals surface area contributed by atoms with Crippen LogP contribution in [0.1, 0.15) is 44.5 Å². The maximum absolute atomic E-state index is 2.43. The summed E-state index contributed by atoms with van der Waals surface area (Å²) in [7, 11) is 2.65. The van der Waals surface area contributed by atoms with Gasteiger partial charge in [0.05, 0.1) is 0 Å². The molecule has 8 aromatic rings. The van der Waals surface area contributed by atoms with Gasteiger partial charge in [-0.15, -0.1) is 24.8 Å². The van der Waals surface area contributed by atoms with Gasteiger partial charge in [0.25, 0.3) is 0 Å². The Labute approximate surface area is 387 Å². The van der Waals surface area contributed by atoms with E-state index < -0.39 is 23.2 Å². The summed E-state index contributed by atoms with van der Waals surface area (Å²) in [5.41, 5.74) is 16.2. The molecule has 0 aromatic heterocycles. The van der Waals surface area contributed by atoms with Gasteiger partial charge in [-0.1, -0.05) is 0 Å². The van der Waals surface area contributed by atoms with Crippen molar-refractivity contribution < 1.29 is 23.2 Å². The fourth-order valence-corrected chi connectivity index (χ4v) is 21.9. The van der Waals surface area contributed by atoms with Crippen molar-refractivity contribution in [1.82, 2.24) is 0 Å². The Kier molecular flexibility index (Phi) is 13.3. The van der Waals surface area contributed by atoms with Gasteiger partial charge >= 0.3 is 365 Å². The molecule has 2 aliphatic heterocycles. The summed E-state index contributed by atoms with van der Waals surface area (Å²) in [4.78, 5) is 0. The molecule has 5 heteroatoms. The molecule has 2 heterocycles. The topological polar surface area (TPSA) is 0 Å². The molecule has 0 amide bonds. The van der Waals surface area contributed by atoms with Crippen molar-refractivity contribution in [2.75, 3.05) is 0 Å². The number of hydrogen-bond acceptors (Lipinski definition) is 0. The van der Waals surface area contributed by atoms with Crippen LogP contribution in [-0.2, 0) is 29.0 Å². The molecule has 0 radical (unpaired) electrons. The standard InChI is InChI=1S/2C28H20P.2ClH.Zr/c2*1-5-13-21(14-6-1)25-26(22-15-7-2-8-16-22)28(24-19-11-4-12-20-24)29-27(25)23-17-9-3-10-18-23;;;/h2*1-20H;2*1H;. The van der Waals surface area contributed by atoms with Crippen LogP contribution in [0.25, 0.3) is 22.3 Å². The van der Waals surface area contributed by atoms with Crippen molar-refractivity contribution in [1.29, 1.82) is 0 Å². The molecule has 0 saturated heterocycles. The normalized spacial score (nSPS) is 18.6. The Morgan fingerprint density at radius 3 is 0.770 bits per heavy atom. The van der Waals surface area contributed by atoms with Crippen LogP contribution in [-0.4, -0.2) is 10.6 Å². The summed E-state index contributed by atoms with van der Waals surface area (Å²) in [5, 5.41) is 2.80. The molecular formula is C56H42Cl2P2Zr. The van der Waals surface area contributed by atoms with Crippen LogP contribution < -0.4 is 0 Å². The van der Waals surface area contributed by atoms with E-state index in [9.17, 15) is 0 Å². The van der Waals surface area contributed by atoms with Crippen LogP contribution in [0.5, 0.6) is 0 Å². The van der Waals surface area contributed by atoms with Gasteiger partial charge in [0.15, 0.2) is 0 Å². The molecular weight excluding hydrogens is 897 g/mol. The zero-order chi connectivity index (χ0) is 39.5. The first-order valence-corrected chi connectivity index (χ1v) is 24.4. The van der Waals surface area contributed by atoms with E-state index in [-0.39, 0.29) is 30.5 Å². The first kappa shape index (κ1) is 42.7. The summed E-state index contributed by atoms with van der Waals surface area (Å²) in [6.07, 6.45) is 0. The number of halogens is 2. The summed E-state index contributed by atoms with van der Waals surface area (Å²) in [5.74, 6) is 0. The van der Waals surface area contributed by atoms with E-state index in [1.54, 1.807) is 0 Å². The van der Waals surface area contributed by atoms with E-state index >= 15 is 0 Å². The summed E-state index contributed by atoms with van der Waals surface area (Å²) < 4.78 is -0.613. The van der Waals surface area contributed by atoms with E-state index in [0.29, 0.717) is 0 Å². The third-order valence-corrected chi connectivity index (χ3v) is 21.8. The van der Waals surface area contributed by atoms with Gasteiger partial charge in [-0.2, -0.15) is 0 Å². The fourth-order valence-electron chi connectivity index (χ4n) is 8.82. The van der Waals surface area contributed by atoms with Gasteiger partial charge in [-0.25, -0.2) is 0 Å². The van der Waals surface area contributed by atoms with Crippen LogP contribution in [0.4, 0.5) is 0 Å². The third-order valence-electron chi connectivity index (χ3n) is 11.3. The Bertz CT molecular complexity index is 2650. The van der Waals surface area contributed by atoms with Gasteiger partial charge in [0.2, 0.25) is 0 Å². The average molecular weight is 939 g/mol. The minimum atomic E-state index is -1.85. The molecule has 2 atom stereocenters. The van der Waals surface area contributed by atoms with Crippen LogP contribution in [0.2, 0.25) is 0 Å². The molecule has 0 N–H and O–H groups in total. The molecule has 0 spiro atoms. The summed E-state index contributed by atoms with van der Waals surface area (Å²) in [6.45, 7) is 0. The first-order chi connectivity index (χ1) is 29.3. The van der Waals surface area contributed by atoms with E-state index in [2.05, 4.69) is 243 Å². The predicted octanol–water partition coefficient (Wildman–Crippen LogP) is 15.2. The molecule has 0 saturated carbocycles. The van der Waals surface area contributed by atoms with Crippen molar-refractivity contribution in [3.63, 3.8) is 0 Å². The monoisotopic (exact) mass is 936 g/mol. The van der Waals surface area contributed by atoms with E-state index in [4.69, 9.17) is 0 Å². The summed E-state index contributed by atoms with van der Waals surface area (Å²) >= 11 is -1.85. The Hall–Kier alpha value is -4.96. The number of rotatable bonds is 10. The Morgan fingerprint density at radius 2 is 0.492 bits per heavy atom. The van der Waals surface area contributed by atoms with Crippen molar-refractivity contribution in [3.05, 3.63) is 287 Å². The van der Waals surface area contributed by atoms with Crippen LogP contribution >= 0.6 is 41.2 Å². The van der Waals surface area contributed by atoms with Gasteiger partial charge in [0.1, 0.15) is 0 Å². The maximum atomic E-state index is 2.43. The van der Waals surface area contributed by atoms with Crippen molar-refractivity contribution >= 4 is 74.1 Å². The fraction of sp³-hybridized carbons (Fsp3) is 0.0357. The molecule has 2 unspecified atom stereocenters. The average Bonchev–Trinajstić information content (AvgIpc) is 3.86. The molecule has 10 rings (SSSR count). The second-order valence-corrected chi connectivity index (χ2v) is 23.9. The van der Waals surface area contributed by atoms with Crippen molar-refractivity contribution in [2.45, 2.75) is 5.73 Å². The number of benzene rings is 8. The molecule has 294 valence electrons. The first-order valence-electron chi connectivity index (χ1n) is 20.2. The molecule has 2 aliphatic rings. The van der Waals surface area contributed by atoms with Crippen LogP contribution in [0.3, 0.4) is 0 Å². The third kappa shape index (κ3) is 8.01. The van der Waals surface area contributed by atoms with Crippen LogP contribution in [0.15, 0.2) is 243 Å². The van der Waals surface area contributed by atoms with Crippen LogP contribution in [0, 0.1) is 0 Å². The zero-order valence-corrected chi connectivity index (χ0v) is 39.2. The van der Waals surface area contributed by atoms with E-state index in [1.165, 1.54) is 93.8 Å². The van der Waals surface area contributed by atoms with Gasteiger partial charge in [0, 0.05) is 0 Å². The minimum absolute atomic E-state index is 0. The molecule has 0 nitrogen and oxygen atoms in total. The second-order valence-electron chi connectivity index (χ2n) is 14.9. The molecule has 0 fully saturated rings. The summed E-state index contributed by atoms with van der Waals surface area (Å²) in [6, 6.07) is 90.7. The van der Waals surface area contributed by atoms with Gasteiger partial charge in [-0.05, 0) is 0 Å². The molecule has 61 heavy (non-hydrogen) atoms. The molecule has 8 aromatic carbocycles. The SMILES string of the molecule is Cl.Cl.c1ccc(C2=P[C]([Zr][C]3(c4ccccc4)P=C(c4ccccc4)C(c4ccccc4)=C3c3ccccc3)(c3ccccc3)C(c3ccccc3)=C2c2ccccc2)cc1. The molecule has 0 aliphatic carbocycles. The Balaban J connectivity index is 0.00000257. The van der Waals surface area contributed by atoms with Crippen molar-refractivity contribution in [3.8, 4) is 0 Å². The number of hydrogen-bond donors (Lipinski definition) is 0. The van der Waals surface area contributed by atoms with E-state index in [0.717, 1.165) is 0 Å². The van der Waals surface area contributed by atoms with Gasteiger partial charge < -0.3 is 0 Å². The van der Waals surface area contributed by atoms with Crippen molar-refractivity contribution in [2.24, 2.45) is 0 Å². The quantitative estimate of drug-likeness (QED) is 0.120. The van der Waals surface area contributed by atoms with E-state index in [1.807, 2.05) is 0 Å². The Morgan fingerprint density at radius 1 is 0.262 bits per heavy atom. The van der Waals surface area contributed by atoms with Gasteiger partial charge in [-0.3, -0.25) is 0 Å². The number of allylic oxidation sites excluding steroid dienone is 4. The second kappa shape index (κ2) is 19.0. The predicted molar refractivity (Wildman–Crippen MR) is 265 cm³/mol. The zero-order valence-electron chi connectivity index (χ0n) is 33.3. The molecule has 0 bridgehead atoms.